The van der Waals surface area contributed by atoms with Gasteiger partial charge in [0.15, 0.2) is 0 Å². The second-order valence-electron chi connectivity index (χ2n) is 4.34. The summed E-state index contributed by atoms with van der Waals surface area (Å²) in [5.41, 5.74) is 0.685. The van der Waals surface area contributed by atoms with E-state index in [0.717, 1.165) is 0 Å². The van der Waals surface area contributed by atoms with Crippen LogP contribution in [0.2, 0.25) is 0 Å². The molecule has 6 heteroatoms. The van der Waals surface area contributed by atoms with E-state index in [4.69, 9.17) is 4.42 Å². The van der Waals surface area contributed by atoms with E-state index < -0.39 is 5.97 Å². The molecule has 1 heterocycles. The summed E-state index contributed by atoms with van der Waals surface area (Å²) >= 11 is 0. The number of hydrogen-bond donors (Lipinski definition) is 0. The number of rotatable bonds is 6. The predicted octanol–water partition coefficient (Wildman–Crippen LogP) is 1.45. The van der Waals surface area contributed by atoms with E-state index in [1.54, 1.807) is 6.07 Å². The third-order valence-electron chi connectivity index (χ3n) is 2.78. The van der Waals surface area contributed by atoms with Crippen LogP contribution in [0.1, 0.15) is 30.0 Å². The molecule has 0 bridgehead atoms. The Balaban J connectivity index is 2.82. The van der Waals surface area contributed by atoms with Crippen LogP contribution in [0.25, 0.3) is 0 Å². The van der Waals surface area contributed by atoms with E-state index in [1.807, 2.05) is 18.7 Å². The molecule has 0 aliphatic carbocycles. The third kappa shape index (κ3) is 4.10. The maximum Gasteiger partial charge on any atom is 0.374 e. The van der Waals surface area contributed by atoms with E-state index in [9.17, 15) is 9.59 Å². The van der Waals surface area contributed by atoms with Crippen molar-refractivity contribution in [1.29, 1.82) is 0 Å². The summed E-state index contributed by atoms with van der Waals surface area (Å²) in [6.07, 6.45) is 1.43. The molecule has 1 aromatic rings. The zero-order chi connectivity index (χ0) is 14.4. The highest BCUT2D eigenvalue weighted by Gasteiger charge is 2.21. The number of methoxy groups -OCH3 is 2. The van der Waals surface area contributed by atoms with Crippen LogP contribution >= 0.6 is 0 Å². The van der Waals surface area contributed by atoms with Gasteiger partial charge in [-0.25, -0.2) is 4.79 Å². The van der Waals surface area contributed by atoms with Crippen molar-refractivity contribution in [3.63, 3.8) is 0 Å². The van der Waals surface area contributed by atoms with Crippen molar-refractivity contribution in [2.24, 2.45) is 0 Å². The predicted molar refractivity (Wildman–Crippen MR) is 67.6 cm³/mol. The van der Waals surface area contributed by atoms with Gasteiger partial charge in [0.25, 0.3) is 0 Å². The van der Waals surface area contributed by atoms with Gasteiger partial charge in [-0.3, -0.25) is 9.69 Å². The Kier molecular flexibility index (Phi) is 5.57. The van der Waals surface area contributed by atoms with Crippen LogP contribution in [0.5, 0.6) is 0 Å². The van der Waals surface area contributed by atoms with Gasteiger partial charge in [0.05, 0.1) is 27.0 Å². The molecule has 0 atom stereocenters. The van der Waals surface area contributed by atoms with Gasteiger partial charge in [0.2, 0.25) is 5.76 Å². The third-order valence-corrected chi connectivity index (χ3v) is 2.78. The molecule has 6 nitrogen and oxygen atoms in total. The summed E-state index contributed by atoms with van der Waals surface area (Å²) in [7, 11) is 2.64. The van der Waals surface area contributed by atoms with E-state index in [1.165, 1.54) is 20.5 Å². The summed E-state index contributed by atoms with van der Waals surface area (Å²) in [4.78, 5) is 24.7. The quantitative estimate of drug-likeness (QED) is 0.728. The zero-order valence-corrected chi connectivity index (χ0v) is 11.6. The lowest BCUT2D eigenvalue weighted by atomic mass is 10.2. The van der Waals surface area contributed by atoms with Crippen LogP contribution in [-0.4, -0.2) is 43.6 Å². The minimum Gasteiger partial charge on any atom is -0.468 e. The standard InChI is InChI=1S/C13H19NO5/c1-9(2)14(8-11(15)17-3)7-10-5-6-19-12(10)13(16)18-4/h5-6,9H,7-8H2,1-4H3. The second-order valence-corrected chi connectivity index (χ2v) is 4.34. The molecule has 0 amide bonds. The fourth-order valence-electron chi connectivity index (χ4n) is 1.60. The first-order valence-electron chi connectivity index (χ1n) is 5.95. The van der Waals surface area contributed by atoms with Gasteiger partial charge < -0.3 is 13.9 Å². The average Bonchev–Trinajstić information content (AvgIpc) is 2.84. The van der Waals surface area contributed by atoms with Crippen molar-refractivity contribution in [1.82, 2.24) is 4.90 Å². The minimum atomic E-state index is -0.526. The first kappa shape index (κ1) is 15.2. The highest BCUT2D eigenvalue weighted by molar-refractivity contribution is 5.87. The Morgan fingerprint density at radius 2 is 2.00 bits per heavy atom. The lowest BCUT2D eigenvalue weighted by Crippen LogP contribution is -2.35. The average molecular weight is 269 g/mol. The van der Waals surface area contributed by atoms with E-state index in [-0.39, 0.29) is 24.3 Å². The molecule has 1 rings (SSSR count). The van der Waals surface area contributed by atoms with Gasteiger partial charge in [-0.2, -0.15) is 0 Å². The molecule has 0 saturated heterocycles. The highest BCUT2D eigenvalue weighted by atomic mass is 16.5. The van der Waals surface area contributed by atoms with Crippen LogP contribution in [0.15, 0.2) is 16.7 Å². The first-order chi connectivity index (χ1) is 8.99. The topological polar surface area (TPSA) is 69.0 Å². The van der Waals surface area contributed by atoms with Gasteiger partial charge in [-0.05, 0) is 19.9 Å². The van der Waals surface area contributed by atoms with Gasteiger partial charge in [-0.15, -0.1) is 0 Å². The molecule has 0 saturated carbocycles. The molecule has 0 spiro atoms. The SMILES string of the molecule is COC(=O)CN(Cc1ccoc1C(=O)OC)C(C)C. The van der Waals surface area contributed by atoms with Gasteiger partial charge >= 0.3 is 11.9 Å². The number of furan rings is 1. The molecule has 0 unspecified atom stereocenters. The normalized spacial score (nSPS) is 10.8. The minimum absolute atomic E-state index is 0.125. The summed E-state index contributed by atoms with van der Waals surface area (Å²) in [5, 5.41) is 0. The van der Waals surface area contributed by atoms with Crippen molar-refractivity contribution >= 4 is 11.9 Å². The Morgan fingerprint density at radius 1 is 1.32 bits per heavy atom. The fourth-order valence-corrected chi connectivity index (χ4v) is 1.60. The number of ether oxygens (including phenoxy) is 2. The van der Waals surface area contributed by atoms with Crippen molar-refractivity contribution in [2.45, 2.75) is 26.4 Å². The van der Waals surface area contributed by atoms with Crippen molar-refractivity contribution in [3.8, 4) is 0 Å². The Bertz CT molecular complexity index is 438. The highest BCUT2D eigenvalue weighted by Crippen LogP contribution is 2.16. The number of carbonyl (C=O) groups is 2. The zero-order valence-electron chi connectivity index (χ0n) is 11.6. The van der Waals surface area contributed by atoms with Crippen molar-refractivity contribution in [2.75, 3.05) is 20.8 Å². The summed E-state index contributed by atoms with van der Waals surface area (Å²) < 4.78 is 14.4. The Hall–Kier alpha value is -1.82. The number of carbonyl (C=O) groups excluding carboxylic acids is 2. The fraction of sp³-hybridized carbons (Fsp3) is 0.538. The van der Waals surface area contributed by atoms with Crippen molar-refractivity contribution in [3.05, 3.63) is 23.7 Å². The van der Waals surface area contributed by atoms with Gasteiger partial charge in [0, 0.05) is 18.2 Å². The van der Waals surface area contributed by atoms with E-state index >= 15 is 0 Å². The molecule has 0 N–H and O–H groups in total. The molecule has 106 valence electrons. The van der Waals surface area contributed by atoms with Crippen molar-refractivity contribution < 1.29 is 23.5 Å². The molecule has 0 aromatic carbocycles. The molecule has 0 aliphatic rings. The molecule has 0 radical (unpaired) electrons. The van der Waals surface area contributed by atoms with Crippen LogP contribution in [-0.2, 0) is 20.8 Å². The second kappa shape index (κ2) is 6.94. The first-order valence-corrected chi connectivity index (χ1v) is 5.95. The molecule has 0 aliphatic heterocycles. The van der Waals surface area contributed by atoms with Crippen LogP contribution in [0.4, 0.5) is 0 Å². The monoisotopic (exact) mass is 269 g/mol. The van der Waals surface area contributed by atoms with Gasteiger partial charge in [0.1, 0.15) is 0 Å². The smallest absolute Gasteiger partial charge is 0.374 e. The van der Waals surface area contributed by atoms with E-state index in [0.29, 0.717) is 12.1 Å². The largest absolute Gasteiger partial charge is 0.468 e. The van der Waals surface area contributed by atoms with Gasteiger partial charge in [-0.1, -0.05) is 0 Å². The summed E-state index contributed by atoms with van der Waals surface area (Å²) in [5.74, 6) is -0.684. The molecule has 1 aromatic heterocycles. The van der Waals surface area contributed by atoms with E-state index in [2.05, 4.69) is 9.47 Å². The van der Waals surface area contributed by atoms with Crippen LogP contribution < -0.4 is 0 Å². The number of esters is 2. The van der Waals surface area contributed by atoms with Crippen LogP contribution in [0.3, 0.4) is 0 Å². The maximum absolute atomic E-state index is 11.5. The maximum atomic E-state index is 11.5. The molecular weight excluding hydrogens is 250 g/mol. The molecule has 0 fully saturated rings. The Labute approximate surface area is 112 Å². The number of hydrogen-bond acceptors (Lipinski definition) is 6. The Morgan fingerprint density at radius 3 is 2.53 bits per heavy atom. The number of nitrogens with zero attached hydrogens (tertiary/aromatic N) is 1. The lowest BCUT2D eigenvalue weighted by molar-refractivity contribution is -0.142. The summed E-state index contributed by atoms with van der Waals surface area (Å²) in [6.45, 7) is 4.48. The molecular formula is C13H19NO5. The summed E-state index contributed by atoms with van der Waals surface area (Å²) in [6, 6.07) is 1.82. The lowest BCUT2D eigenvalue weighted by Gasteiger charge is -2.24. The van der Waals surface area contributed by atoms with Crippen LogP contribution in [0, 0.1) is 0 Å². The molecule has 19 heavy (non-hydrogen) atoms.